The Morgan fingerprint density at radius 1 is 1.19 bits per heavy atom. The Morgan fingerprint density at radius 3 is 2.29 bits per heavy atom. The summed E-state index contributed by atoms with van der Waals surface area (Å²) in [6.45, 7) is 5.67. The predicted octanol–water partition coefficient (Wildman–Crippen LogP) is 1.65. The minimum atomic E-state index is -1.15. The van der Waals surface area contributed by atoms with E-state index in [1.54, 1.807) is 0 Å². The van der Waals surface area contributed by atoms with Crippen molar-refractivity contribution < 1.29 is 24.9 Å². The molecule has 21 heavy (non-hydrogen) atoms. The third-order valence-corrected chi connectivity index (χ3v) is 2.80. The van der Waals surface area contributed by atoms with E-state index in [0.717, 1.165) is 0 Å². The van der Waals surface area contributed by atoms with Gasteiger partial charge in [0.05, 0.1) is 0 Å². The number of hydrogen-bond acceptors (Lipinski definition) is 4. The molecule has 116 valence electrons. The SMILES string of the molecule is CC(C)(C)CC(=O)N[C@@H](Cc1ccc(O)c(O)c1)C(=O)O. The average Bonchev–Trinajstić information content (AvgIpc) is 2.30. The van der Waals surface area contributed by atoms with Crippen LogP contribution in [0.3, 0.4) is 0 Å². The lowest BCUT2D eigenvalue weighted by molar-refractivity contribution is -0.142. The predicted molar refractivity (Wildman–Crippen MR) is 77.1 cm³/mol. The molecule has 0 aliphatic rings. The molecular weight excluding hydrogens is 274 g/mol. The number of phenolic OH excluding ortho intramolecular Hbond substituents is 2. The van der Waals surface area contributed by atoms with Gasteiger partial charge in [-0.15, -0.1) is 0 Å². The van der Waals surface area contributed by atoms with Crippen LogP contribution in [0.5, 0.6) is 11.5 Å². The van der Waals surface area contributed by atoms with Crippen LogP contribution in [0.4, 0.5) is 0 Å². The van der Waals surface area contributed by atoms with E-state index in [4.69, 9.17) is 0 Å². The van der Waals surface area contributed by atoms with Crippen LogP contribution in [-0.4, -0.2) is 33.2 Å². The van der Waals surface area contributed by atoms with Gasteiger partial charge in [0.1, 0.15) is 6.04 Å². The molecule has 0 heterocycles. The number of aliphatic carboxylic acids is 1. The van der Waals surface area contributed by atoms with Gasteiger partial charge in [-0.25, -0.2) is 4.79 Å². The quantitative estimate of drug-likeness (QED) is 0.618. The van der Waals surface area contributed by atoms with E-state index in [-0.39, 0.29) is 35.7 Å². The van der Waals surface area contributed by atoms with Gasteiger partial charge in [-0.2, -0.15) is 0 Å². The fourth-order valence-electron chi connectivity index (χ4n) is 1.86. The minimum Gasteiger partial charge on any atom is -0.504 e. The summed E-state index contributed by atoms with van der Waals surface area (Å²) in [4.78, 5) is 23.1. The monoisotopic (exact) mass is 295 g/mol. The Labute approximate surface area is 123 Å². The van der Waals surface area contributed by atoms with Crippen molar-refractivity contribution in [1.29, 1.82) is 0 Å². The molecule has 0 fully saturated rings. The van der Waals surface area contributed by atoms with Gasteiger partial charge in [0.2, 0.25) is 5.91 Å². The van der Waals surface area contributed by atoms with E-state index in [1.807, 2.05) is 20.8 Å². The summed E-state index contributed by atoms with van der Waals surface area (Å²) in [5.74, 6) is -2.08. The van der Waals surface area contributed by atoms with Crippen molar-refractivity contribution in [2.24, 2.45) is 5.41 Å². The fourth-order valence-corrected chi connectivity index (χ4v) is 1.86. The van der Waals surface area contributed by atoms with Crippen LogP contribution in [0.25, 0.3) is 0 Å². The second kappa shape index (κ2) is 6.47. The van der Waals surface area contributed by atoms with Crippen LogP contribution in [0.1, 0.15) is 32.8 Å². The summed E-state index contributed by atoms with van der Waals surface area (Å²) >= 11 is 0. The van der Waals surface area contributed by atoms with E-state index in [2.05, 4.69) is 5.32 Å². The van der Waals surface area contributed by atoms with Crippen LogP contribution >= 0.6 is 0 Å². The lowest BCUT2D eigenvalue weighted by Gasteiger charge is -2.20. The van der Waals surface area contributed by atoms with E-state index in [0.29, 0.717) is 5.56 Å². The van der Waals surface area contributed by atoms with Gasteiger partial charge in [0.25, 0.3) is 0 Å². The molecule has 1 aromatic carbocycles. The van der Waals surface area contributed by atoms with E-state index in [1.165, 1.54) is 18.2 Å². The van der Waals surface area contributed by atoms with E-state index >= 15 is 0 Å². The average molecular weight is 295 g/mol. The smallest absolute Gasteiger partial charge is 0.326 e. The molecule has 0 unspecified atom stereocenters. The number of aromatic hydroxyl groups is 2. The molecule has 0 spiro atoms. The second-order valence-electron chi connectivity index (χ2n) is 6.22. The van der Waals surface area contributed by atoms with Crippen LogP contribution in [0.15, 0.2) is 18.2 Å². The van der Waals surface area contributed by atoms with Crippen molar-refractivity contribution >= 4 is 11.9 Å². The van der Waals surface area contributed by atoms with E-state index < -0.39 is 12.0 Å². The Morgan fingerprint density at radius 2 is 1.81 bits per heavy atom. The summed E-state index contributed by atoms with van der Waals surface area (Å²) in [5.41, 5.74) is 0.276. The van der Waals surface area contributed by atoms with Gasteiger partial charge in [0, 0.05) is 12.8 Å². The Bertz CT molecular complexity index is 533. The molecule has 0 saturated carbocycles. The van der Waals surface area contributed by atoms with Gasteiger partial charge in [0.15, 0.2) is 11.5 Å². The molecule has 6 nitrogen and oxygen atoms in total. The third-order valence-electron chi connectivity index (χ3n) is 2.80. The van der Waals surface area contributed by atoms with Gasteiger partial charge in [-0.05, 0) is 23.1 Å². The van der Waals surface area contributed by atoms with Crippen LogP contribution in [0.2, 0.25) is 0 Å². The van der Waals surface area contributed by atoms with Gasteiger partial charge >= 0.3 is 5.97 Å². The van der Waals surface area contributed by atoms with Crippen molar-refractivity contribution in [2.75, 3.05) is 0 Å². The number of carboxylic acid groups (broad SMARTS) is 1. The van der Waals surface area contributed by atoms with Crippen LogP contribution in [0, 0.1) is 5.41 Å². The molecule has 6 heteroatoms. The first-order valence-electron chi connectivity index (χ1n) is 6.61. The summed E-state index contributed by atoms with van der Waals surface area (Å²) < 4.78 is 0. The topological polar surface area (TPSA) is 107 Å². The number of carbonyl (C=O) groups is 2. The maximum absolute atomic E-state index is 11.8. The summed E-state index contributed by atoms with van der Waals surface area (Å²) in [6, 6.07) is 2.98. The van der Waals surface area contributed by atoms with Crippen molar-refractivity contribution in [2.45, 2.75) is 39.7 Å². The second-order valence-corrected chi connectivity index (χ2v) is 6.22. The maximum atomic E-state index is 11.8. The van der Waals surface area contributed by atoms with Crippen LogP contribution in [-0.2, 0) is 16.0 Å². The number of carbonyl (C=O) groups excluding carboxylic acids is 1. The Hall–Kier alpha value is -2.24. The van der Waals surface area contributed by atoms with Gasteiger partial charge in [-0.1, -0.05) is 26.8 Å². The highest BCUT2D eigenvalue weighted by atomic mass is 16.4. The number of rotatable bonds is 5. The summed E-state index contributed by atoms with van der Waals surface area (Å²) in [5, 5.41) is 30.3. The molecule has 0 aromatic heterocycles. The minimum absolute atomic E-state index is 0.0268. The largest absolute Gasteiger partial charge is 0.504 e. The molecule has 0 saturated heterocycles. The lowest BCUT2D eigenvalue weighted by Crippen LogP contribution is -2.43. The van der Waals surface area contributed by atoms with Crippen molar-refractivity contribution in [3.05, 3.63) is 23.8 Å². The normalized spacial score (nSPS) is 12.7. The molecule has 0 bridgehead atoms. The standard InChI is InChI=1S/C15H21NO5/c1-15(2,3)8-13(19)16-10(14(20)21)6-9-4-5-11(17)12(18)7-9/h4-5,7,10,17-18H,6,8H2,1-3H3,(H,16,19)(H,20,21)/t10-/m0/s1. The number of benzene rings is 1. The molecular formula is C15H21NO5. The molecule has 0 radical (unpaired) electrons. The number of carboxylic acids is 1. The molecule has 1 rings (SSSR count). The molecule has 1 atom stereocenters. The van der Waals surface area contributed by atoms with Crippen molar-refractivity contribution in [1.82, 2.24) is 5.32 Å². The van der Waals surface area contributed by atoms with Crippen LogP contribution < -0.4 is 5.32 Å². The third kappa shape index (κ3) is 5.72. The molecule has 0 aliphatic heterocycles. The first-order valence-corrected chi connectivity index (χ1v) is 6.61. The maximum Gasteiger partial charge on any atom is 0.326 e. The zero-order valence-corrected chi connectivity index (χ0v) is 12.4. The molecule has 1 amide bonds. The number of amides is 1. The summed E-state index contributed by atoms with van der Waals surface area (Å²) in [7, 11) is 0. The summed E-state index contributed by atoms with van der Waals surface area (Å²) in [6.07, 6.45) is 0.247. The molecule has 1 aromatic rings. The number of hydrogen-bond donors (Lipinski definition) is 4. The Balaban J connectivity index is 2.76. The van der Waals surface area contributed by atoms with Crippen molar-refractivity contribution in [3.63, 3.8) is 0 Å². The van der Waals surface area contributed by atoms with E-state index in [9.17, 15) is 24.9 Å². The first kappa shape index (κ1) is 16.8. The van der Waals surface area contributed by atoms with Gasteiger partial charge < -0.3 is 20.6 Å². The van der Waals surface area contributed by atoms with Gasteiger partial charge in [-0.3, -0.25) is 4.79 Å². The highest BCUT2D eigenvalue weighted by Gasteiger charge is 2.23. The zero-order valence-electron chi connectivity index (χ0n) is 12.4. The highest BCUT2D eigenvalue weighted by molar-refractivity contribution is 5.84. The molecule has 4 N–H and O–H groups in total. The number of phenols is 2. The number of nitrogens with one attached hydrogen (secondary N) is 1. The highest BCUT2D eigenvalue weighted by Crippen LogP contribution is 2.25. The Kier molecular flexibility index (Phi) is 5.18. The zero-order chi connectivity index (χ0) is 16.2. The van der Waals surface area contributed by atoms with Crippen molar-refractivity contribution in [3.8, 4) is 11.5 Å². The fraction of sp³-hybridized carbons (Fsp3) is 0.467. The molecule has 0 aliphatic carbocycles. The lowest BCUT2D eigenvalue weighted by atomic mass is 9.91. The first-order chi connectivity index (χ1) is 9.58.